The maximum absolute atomic E-state index is 13.6. The number of esters is 1. The van der Waals surface area contributed by atoms with E-state index in [1.54, 1.807) is 29.7 Å². The Balaban J connectivity index is 1.95. The summed E-state index contributed by atoms with van der Waals surface area (Å²) in [6, 6.07) is 12.2. The van der Waals surface area contributed by atoms with Crippen molar-refractivity contribution >= 4 is 23.4 Å². The van der Waals surface area contributed by atoms with Gasteiger partial charge in [-0.1, -0.05) is 41.7 Å². The number of hydrogen-bond acceptors (Lipinski definition) is 8. The molecule has 0 fully saturated rings. The number of ether oxygens (including phenoxy) is 4. The number of allylic oxidation sites excluding steroid dienone is 1. The van der Waals surface area contributed by atoms with E-state index in [1.165, 1.54) is 39.8 Å². The highest BCUT2D eigenvalue weighted by atomic mass is 32.1. The van der Waals surface area contributed by atoms with E-state index < -0.39 is 12.0 Å². The van der Waals surface area contributed by atoms with Crippen LogP contribution in [-0.4, -0.2) is 39.0 Å². The zero-order valence-corrected chi connectivity index (χ0v) is 20.3. The molecule has 3 aromatic rings. The lowest BCUT2D eigenvalue weighted by Crippen LogP contribution is -2.39. The minimum atomic E-state index is -0.646. The molecule has 2 heterocycles. The molecule has 0 spiro atoms. The second-order valence-corrected chi connectivity index (χ2v) is 8.45. The third-order valence-electron chi connectivity index (χ3n) is 5.53. The lowest BCUT2D eigenvalue weighted by molar-refractivity contribution is -0.136. The van der Waals surface area contributed by atoms with Crippen LogP contribution in [0.3, 0.4) is 0 Å². The number of rotatable bonds is 6. The molecule has 0 radical (unpaired) electrons. The van der Waals surface area contributed by atoms with Crippen molar-refractivity contribution in [3.05, 3.63) is 84.5 Å². The first-order valence-electron chi connectivity index (χ1n) is 10.4. The number of thiazole rings is 1. The van der Waals surface area contributed by atoms with Crippen molar-refractivity contribution in [3.63, 3.8) is 0 Å². The number of carbonyl (C=O) groups is 1. The highest BCUT2D eigenvalue weighted by molar-refractivity contribution is 7.07. The van der Waals surface area contributed by atoms with Crippen LogP contribution in [0.2, 0.25) is 0 Å². The maximum Gasteiger partial charge on any atom is 0.338 e. The number of aromatic nitrogens is 1. The summed E-state index contributed by atoms with van der Waals surface area (Å²) in [5.41, 5.74) is 2.07. The van der Waals surface area contributed by atoms with Crippen molar-refractivity contribution < 1.29 is 23.7 Å². The second kappa shape index (κ2) is 9.56. The molecule has 4 rings (SSSR count). The molecule has 0 amide bonds. The summed E-state index contributed by atoms with van der Waals surface area (Å²) in [4.78, 5) is 31.4. The molecule has 1 aromatic heterocycles. The lowest BCUT2D eigenvalue weighted by Gasteiger charge is -2.24. The Morgan fingerprint density at radius 1 is 1.03 bits per heavy atom. The number of fused-ring (bicyclic) bond motifs is 1. The molecular weight excluding hydrogens is 456 g/mol. The summed E-state index contributed by atoms with van der Waals surface area (Å²) < 4.78 is 23.3. The highest BCUT2D eigenvalue weighted by Gasteiger charge is 2.32. The van der Waals surface area contributed by atoms with Crippen LogP contribution in [0, 0.1) is 0 Å². The first-order chi connectivity index (χ1) is 16.4. The molecule has 0 bridgehead atoms. The van der Waals surface area contributed by atoms with E-state index in [9.17, 15) is 9.59 Å². The van der Waals surface area contributed by atoms with Gasteiger partial charge in [-0.05, 0) is 36.3 Å². The van der Waals surface area contributed by atoms with E-state index in [4.69, 9.17) is 18.9 Å². The van der Waals surface area contributed by atoms with Crippen molar-refractivity contribution in [1.82, 2.24) is 4.57 Å². The van der Waals surface area contributed by atoms with Crippen molar-refractivity contribution in [2.75, 3.05) is 28.4 Å². The number of nitrogens with zero attached hydrogens (tertiary/aromatic N) is 2. The van der Waals surface area contributed by atoms with Gasteiger partial charge in [-0.3, -0.25) is 9.36 Å². The predicted molar refractivity (Wildman–Crippen MR) is 128 cm³/mol. The number of benzene rings is 2. The Bertz CT molecular complexity index is 1430. The first kappa shape index (κ1) is 23.3. The summed E-state index contributed by atoms with van der Waals surface area (Å²) in [6.07, 6.45) is 1.74. The van der Waals surface area contributed by atoms with Crippen LogP contribution in [0.15, 0.2) is 63.5 Å². The normalized spacial score (nSPS) is 15.4. The van der Waals surface area contributed by atoms with Gasteiger partial charge in [0.25, 0.3) is 5.56 Å². The molecule has 1 aliphatic heterocycles. The van der Waals surface area contributed by atoms with Gasteiger partial charge in [0.1, 0.15) is 0 Å². The molecule has 176 valence electrons. The van der Waals surface area contributed by atoms with E-state index in [0.29, 0.717) is 43.4 Å². The third-order valence-corrected chi connectivity index (χ3v) is 6.51. The number of methoxy groups -OCH3 is 4. The smallest absolute Gasteiger partial charge is 0.338 e. The zero-order valence-electron chi connectivity index (χ0n) is 19.4. The van der Waals surface area contributed by atoms with Gasteiger partial charge in [0, 0.05) is 0 Å². The van der Waals surface area contributed by atoms with Gasteiger partial charge in [-0.15, -0.1) is 0 Å². The summed E-state index contributed by atoms with van der Waals surface area (Å²) >= 11 is 1.25. The molecular formula is C25H24N2O6S. The molecule has 0 saturated heterocycles. The molecule has 2 aromatic carbocycles. The summed E-state index contributed by atoms with van der Waals surface area (Å²) in [7, 11) is 5.92. The van der Waals surface area contributed by atoms with Crippen LogP contribution in [0.5, 0.6) is 17.2 Å². The molecule has 0 N–H and O–H groups in total. The summed E-state index contributed by atoms with van der Waals surface area (Å²) in [5, 5.41) is 0. The lowest BCUT2D eigenvalue weighted by atomic mass is 9.96. The van der Waals surface area contributed by atoms with Gasteiger partial charge >= 0.3 is 5.97 Å². The zero-order chi connectivity index (χ0) is 24.4. The van der Waals surface area contributed by atoms with Gasteiger partial charge in [0.15, 0.2) is 16.3 Å². The molecule has 34 heavy (non-hydrogen) atoms. The Labute approximate surface area is 200 Å². The molecule has 0 unspecified atom stereocenters. The Morgan fingerprint density at radius 2 is 1.68 bits per heavy atom. The summed E-state index contributed by atoms with van der Waals surface area (Å²) in [6.45, 7) is 1.75. The molecule has 1 aliphatic rings. The molecule has 9 heteroatoms. The maximum atomic E-state index is 13.6. The van der Waals surface area contributed by atoms with Crippen molar-refractivity contribution in [2.24, 2.45) is 4.99 Å². The monoisotopic (exact) mass is 480 g/mol. The fourth-order valence-electron chi connectivity index (χ4n) is 3.98. The molecule has 0 saturated carbocycles. The Kier molecular flexibility index (Phi) is 6.56. The van der Waals surface area contributed by atoms with Crippen LogP contribution in [0.25, 0.3) is 6.08 Å². The second-order valence-electron chi connectivity index (χ2n) is 7.44. The van der Waals surface area contributed by atoms with Gasteiger partial charge in [0.05, 0.1) is 50.3 Å². The standard InChI is InChI=1S/C25H24N2O6S/c1-14-20(24(29)33-5)21(16-9-7-6-8-10-16)27-23(28)19(34-25(27)26-14)13-15-11-17(30-2)22(32-4)18(12-15)31-3/h6-13,21H,1-5H3/t21-/m1/s1. The van der Waals surface area contributed by atoms with Crippen LogP contribution in [-0.2, 0) is 9.53 Å². The fourth-order valence-corrected chi connectivity index (χ4v) is 5.03. The Hall–Kier alpha value is -3.85. The average molecular weight is 481 g/mol. The predicted octanol–water partition coefficient (Wildman–Crippen LogP) is 2.43. The van der Waals surface area contributed by atoms with Crippen molar-refractivity contribution in [2.45, 2.75) is 13.0 Å². The molecule has 0 aliphatic carbocycles. The van der Waals surface area contributed by atoms with Gasteiger partial charge in [-0.25, -0.2) is 9.79 Å². The van der Waals surface area contributed by atoms with E-state index in [1.807, 2.05) is 30.3 Å². The minimum Gasteiger partial charge on any atom is -0.493 e. The van der Waals surface area contributed by atoms with E-state index in [-0.39, 0.29) is 5.56 Å². The van der Waals surface area contributed by atoms with Crippen molar-refractivity contribution in [1.29, 1.82) is 0 Å². The fraction of sp³-hybridized carbons (Fsp3) is 0.240. The van der Waals surface area contributed by atoms with Crippen LogP contribution in [0.1, 0.15) is 24.1 Å². The van der Waals surface area contributed by atoms with Crippen LogP contribution < -0.4 is 29.1 Å². The number of carbonyl (C=O) groups excluding carboxylic acids is 1. The minimum absolute atomic E-state index is 0.264. The Morgan fingerprint density at radius 3 is 2.24 bits per heavy atom. The van der Waals surface area contributed by atoms with Crippen molar-refractivity contribution in [3.8, 4) is 17.2 Å². The molecule has 8 nitrogen and oxygen atoms in total. The number of hydrogen-bond donors (Lipinski definition) is 0. The quantitative estimate of drug-likeness (QED) is 0.504. The average Bonchev–Trinajstić information content (AvgIpc) is 3.16. The SMILES string of the molecule is COC(=O)C1=C(C)N=c2sc(=Cc3cc(OC)c(OC)c(OC)c3)c(=O)n2[C@@H]1c1ccccc1. The topological polar surface area (TPSA) is 88.4 Å². The van der Waals surface area contributed by atoms with E-state index in [0.717, 1.165) is 5.56 Å². The van der Waals surface area contributed by atoms with Crippen LogP contribution >= 0.6 is 11.3 Å². The van der Waals surface area contributed by atoms with Gasteiger partial charge in [-0.2, -0.15) is 0 Å². The largest absolute Gasteiger partial charge is 0.493 e. The summed E-state index contributed by atoms with van der Waals surface area (Å²) in [5.74, 6) is 0.902. The van der Waals surface area contributed by atoms with Gasteiger partial charge in [0.2, 0.25) is 5.75 Å². The van der Waals surface area contributed by atoms with Crippen LogP contribution in [0.4, 0.5) is 0 Å². The van der Waals surface area contributed by atoms with E-state index >= 15 is 0 Å². The molecule has 1 atom stereocenters. The highest BCUT2D eigenvalue weighted by Crippen LogP contribution is 2.38. The first-order valence-corrected chi connectivity index (χ1v) is 11.2. The third kappa shape index (κ3) is 3.99. The van der Waals surface area contributed by atoms with E-state index in [2.05, 4.69) is 4.99 Å². The van der Waals surface area contributed by atoms with Gasteiger partial charge < -0.3 is 18.9 Å².